The number of nitrogens with zero attached hydrogens (tertiary/aromatic N) is 5. The van der Waals surface area contributed by atoms with Crippen LogP contribution in [0.2, 0.25) is 0 Å². The highest BCUT2D eigenvalue weighted by Gasteiger charge is 2.28. The molecule has 0 bridgehead atoms. The van der Waals surface area contributed by atoms with Gasteiger partial charge in [-0.25, -0.2) is 9.97 Å². The molecule has 3 aromatic rings. The maximum atomic E-state index is 12.0. The van der Waals surface area contributed by atoms with Gasteiger partial charge in [0.25, 0.3) is 0 Å². The zero-order valence-corrected chi connectivity index (χ0v) is 17.6. The van der Waals surface area contributed by atoms with Crippen molar-refractivity contribution >= 4 is 23.3 Å². The van der Waals surface area contributed by atoms with E-state index in [9.17, 15) is 14.9 Å². The quantitative estimate of drug-likeness (QED) is 0.254. The Morgan fingerprint density at radius 1 is 1.31 bits per heavy atom. The molecular weight excluding hydrogens is 416 g/mol. The number of ether oxygens (including phenoxy) is 1. The zero-order chi connectivity index (χ0) is 22.8. The molecule has 0 unspecified atom stereocenters. The average Bonchev–Trinajstić information content (AvgIpc) is 3.30. The van der Waals surface area contributed by atoms with Gasteiger partial charge in [-0.15, -0.1) is 0 Å². The van der Waals surface area contributed by atoms with Crippen LogP contribution < -0.4 is 10.2 Å². The van der Waals surface area contributed by atoms with Crippen molar-refractivity contribution in [1.82, 2.24) is 15.0 Å². The van der Waals surface area contributed by atoms with E-state index in [4.69, 9.17) is 9.15 Å². The highest BCUT2D eigenvalue weighted by molar-refractivity contribution is 5.73. The van der Waals surface area contributed by atoms with Gasteiger partial charge in [-0.05, 0) is 37.1 Å². The van der Waals surface area contributed by atoms with Crippen molar-refractivity contribution in [2.45, 2.75) is 26.3 Å². The second kappa shape index (κ2) is 11.4. The largest absolute Gasteiger partial charge is 0.467 e. The van der Waals surface area contributed by atoms with Gasteiger partial charge in [0.2, 0.25) is 11.6 Å². The number of nitro groups is 1. The van der Waals surface area contributed by atoms with Crippen molar-refractivity contribution in [3.8, 4) is 0 Å². The summed E-state index contributed by atoms with van der Waals surface area (Å²) in [4.78, 5) is 37.2. The van der Waals surface area contributed by atoms with E-state index < -0.39 is 10.9 Å². The number of nitrogens with one attached hydrogen (secondary N) is 1. The standard InChI is InChI=1S/C21H24N6O5/c1-2-31-18(28)8-11-26(14-17-6-4-12-32-17)21-19(27(29)30)20(24-15-25-21)23-10-7-16-5-3-9-22-13-16/h3-6,9,12-13,15H,2,7-8,10-11,14H2,1H3,(H,23,24,25). The van der Waals surface area contributed by atoms with Gasteiger partial charge in [-0.2, -0.15) is 0 Å². The van der Waals surface area contributed by atoms with Crippen LogP contribution in [-0.4, -0.2) is 45.5 Å². The summed E-state index contributed by atoms with van der Waals surface area (Å²) >= 11 is 0. The molecule has 11 nitrogen and oxygen atoms in total. The molecule has 0 spiro atoms. The summed E-state index contributed by atoms with van der Waals surface area (Å²) in [5.41, 5.74) is 0.722. The molecule has 3 heterocycles. The van der Waals surface area contributed by atoms with Crippen LogP contribution in [0.5, 0.6) is 0 Å². The lowest BCUT2D eigenvalue weighted by atomic mass is 10.2. The molecule has 0 saturated heterocycles. The predicted molar refractivity (Wildman–Crippen MR) is 116 cm³/mol. The minimum Gasteiger partial charge on any atom is -0.467 e. The number of rotatable bonds is 12. The van der Waals surface area contributed by atoms with E-state index in [1.54, 1.807) is 36.4 Å². The molecule has 0 saturated carbocycles. The first-order valence-corrected chi connectivity index (χ1v) is 10.1. The van der Waals surface area contributed by atoms with Crippen molar-refractivity contribution in [3.05, 3.63) is 70.7 Å². The third kappa shape index (κ3) is 6.24. The van der Waals surface area contributed by atoms with Crippen LogP contribution in [0.4, 0.5) is 17.3 Å². The normalized spacial score (nSPS) is 10.5. The maximum Gasteiger partial charge on any atom is 0.353 e. The van der Waals surface area contributed by atoms with Gasteiger partial charge in [-0.1, -0.05) is 6.07 Å². The van der Waals surface area contributed by atoms with E-state index in [-0.39, 0.29) is 43.4 Å². The second-order valence-electron chi connectivity index (χ2n) is 6.75. The summed E-state index contributed by atoms with van der Waals surface area (Å²) in [5.74, 6) is 0.371. The molecule has 0 aliphatic carbocycles. The number of pyridine rings is 1. The van der Waals surface area contributed by atoms with Gasteiger partial charge in [0.05, 0.1) is 30.8 Å². The van der Waals surface area contributed by atoms with E-state index in [0.29, 0.717) is 18.7 Å². The molecule has 11 heteroatoms. The van der Waals surface area contributed by atoms with E-state index in [1.807, 2.05) is 12.1 Å². The van der Waals surface area contributed by atoms with Gasteiger partial charge < -0.3 is 19.4 Å². The van der Waals surface area contributed by atoms with Gasteiger partial charge >= 0.3 is 11.7 Å². The van der Waals surface area contributed by atoms with E-state index in [2.05, 4.69) is 20.3 Å². The topological polar surface area (TPSA) is 137 Å². The second-order valence-corrected chi connectivity index (χ2v) is 6.75. The van der Waals surface area contributed by atoms with E-state index in [1.165, 1.54) is 12.6 Å². The van der Waals surface area contributed by atoms with Crippen molar-refractivity contribution in [2.75, 3.05) is 29.9 Å². The first-order chi connectivity index (χ1) is 15.6. The Morgan fingerprint density at radius 3 is 2.88 bits per heavy atom. The van der Waals surface area contributed by atoms with Crippen LogP contribution in [0.25, 0.3) is 0 Å². The number of carbonyl (C=O) groups is 1. The summed E-state index contributed by atoms with van der Waals surface area (Å²) in [6.45, 7) is 2.75. The Bertz CT molecular complexity index is 1010. The molecule has 3 rings (SSSR count). The van der Waals surface area contributed by atoms with E-state index >= 15 is 0 Å². The zero-order valence-electron chi connectivity index (χ0n) is 17.6. The van der Waals surface area contributed by atoms with Gasteiger partial charge in [0, 0.05) is 25.5 Å². The van der Waals surface area contributed by atoms with E-state index in [0.717, 1.165) is 5.56 Å². The monoisotopic (exact) mass is 440 g/mol. The third-order valence-corrected chi connectivity index (χ3v) is 4.53. The molecule has 0 amide bonds. The fourth-order valence-electron chi connectivity index (χ4n) is 3.08. The number of carbonyl (C=O) groups excluding carboxylic acids is 1. The van der Waals surface area contributed by atoms with Gasteiger partial charge in [0.15, 0.2) is 0 Å². The number of esters is 1. The lowest BCUT2D eigenvalue weighted by Crippen LogP contribution is -2.28. The summed E-state index contributed by atoms with van der Waals surface area (Å²) in [6, 6.07) is 7.22. The molecule has 1 N–H and O–H groups in total. The van der Waals surface area contributed by atoms with Crippen molar-refractivity contribution in [2.24, 2.45) is 0 Å². The van der Waals surface area contributed by atoms with Crippen LogP contribution in [-0.2, 0) is 22.5 Å². The first kappa shape index (κ1) is 22.7. The highest BCUT2D eigenvalue weighted by Crippen LogP contribution is 2.32. The smallest absolute Gasteiger partial charge is 0.353 e. The highest BCUT2D eigenvalue weighted by atomic mass is 16.6. The number of aromatic nitrogens is 3. The number of anilines is 2. The molecule has 3 aromatic heterocycles. The molecule has 32 heavy (non-hydrogen) atoms. The van der Waals surface area contributed by atoms with Gasteiger partial charge in [0.1, 0.15) is 12.1 Å². The van der Waals surface area contributed by atoms with Crippen LogP contribution in [0.3, 0.4) is 0 Å². The van der Waals surface area contributed by atoms with Gasteiger partial charge in [-0.3, -0.25) is 19.9 Å². The van der Waals surface area contributed by atoms with Crippen LogP contribution in [0.1, 0.15) is 24.7 Å². The van der Waals surface area contributed by atoms with Crippen LogP contribution >= 0.6 is 0 Å². The molecule has 0 aromatic carbocycles. The Hall–Kier alpha value is -4.02. The average molecular weight is 440 g/mol. The van der Waals surface area contributed by atoms with Crippen molar-refractivity contribution in [1.29, 1.82) is 0 Å². The van der Waals surface area contributed by atoms with Crippen molar-refractivity contribution < 1.29 is 18.9 Å². The van der Waals surface area contributed by atoms with Crippen LogP contribution in [0, 0.1) is 10.1 Å². The summed E-state index contributed by atoms with van der Waals surface area (Å²) in [6.07, 6.45) is 6.85. The Labute approximate surface area is 184 Å². The number of hydrogen-bond acceptors (Lipinski definition) is 10. The maximum absolute atomic E-state index is 12.0. The minimum absolute atomic E-state index is 0.0411. The summed E-state index contributed by atoms with van der Waals surface area (Å²) in [7, 11) is 0. The fraction of sp³-hybridized carbons (Fsp3) is 0.333. The number of furan rings is 1. The molecule has 168 valence electrons. The predicted octanol–water partition coefficient (Wildman–Crippen LogP) is 2.99. The fourth-order valence-corrected chi connectivity index (χ4v) is 3.08. The Morgan fingerprint density at radius 2 is 2.19 bits per heavy atom. The minimum atomic E-state index is -0.527. The lowest BCUT2D eigenvalue weighted by Gasteiger charge is -2.22. The molecular formula is C21H24N6O5. The van der Waals surface area contributed by atoms with Crippen LogP contribution in [0.15, 0.2) is 53.7 Å². The number of hydrogen-bond donors (Lipinski definition) is 1. The van der Waals surface area contributed by atoms with Crippen molar-refractivity contribution in [3.63, 3.8) is 0 Å². The first-order valence-electron chi connectivity index (χ1n) is 10.1. The molecule has 0 aliphatic heterocycles. The molecule has 0 radical (unpaired) electrons. The molecule has 0 fully saturated rings. The summed E-state index contributed by atoms with van der Waals surface area (Å²) in [5, 5.41) is 15.0. The Kier molecular flexibility index (Phi) is 8.07. The SMILES string of the molecule is CCOC(=O)CCN(Cc1ccco1)c1ncnc(NCCc2cccnc2)c1[N+](=O)[O-]. The molecule has 0 aliphatic rings. The summed E-state index contributed by atoms with van der Waals surface area (Å²) < 4.78 is 10.4. The lowest BCUT2D eigenvalue weighted by molar-refractivity contribution is -0.383. The Balaban J connectivity index is 1.82. The molecule has 0 atom stereocenters. The third-order valence-electron chi connectivity index (χ3n) is 4.53.